The summed E-state index contributed by atoms with van der Waals surface area (Å²) >= 11 is 0. The maximum Gasteiger partial charge on any atom is 0.223 e. The van der Waals surface area contributed by atoms with Crippen molar-refractivity contribution in [3.63, 3.8) is 0 Å². The first-order valence-corrected chi connectivity index (χ1v) is 5.19. The number of aliphatic hydroxyl groups excluding tert-OH is 1. The highest BCUT2D eigenvalue weighted by Gasteiger charge is 2.38. The molecule has 1 N–H and O–H groups in total. The number of aliphatic hydroxyl groups is 1. The van der Waals surface area contributed by atoms with E-state index >= 15 is 0 Å². The zero-order valence-corrected chi connectivity index (χ0v) is 8.07. The quantitative estimate of drug-likeness (QED) is 0.606. The number of rotatable bonds is 0. The Morgan fingerprint density at radius 2 is 2.15 bits per heavy atom. The van der Waals surface area contributed by atoms with Crippen molar-refractivity contribution in [2.75, 3.05) is 0 Å². The smallest absolute Gasteiger partial charge is 0.223 e. The molecule has 13 heavy (non-hydrogen) atoms. The molecule has 0 aromatic heterocycles. The minimum Gasteiger partial charge on any atom is -0.391 e. The molecule has 0 aliphatic carbocycles. The van der Waals surface area contributed by atoms with E-state index in [0.717, 1.165) is 25.7 Å². The second-order valence-corrected chi connectivity index (χ2v) is 4.23. The molecule has 0 saturated carbocycles. The third-order valence-electron chi connectivity index (χ3n) is 3.40. The lowest BCUT2D eigenvalue weighted by atomic mass is 9.87. The summed E-state index contributed by atoms with van der Waals surface area (Å²) in [6.07, 6.45) is 4.37. The molecule has 2 heterocycles. The lowest BCUT2D eigenvalue weighted by molar-refractivity contribution is -0.146. The van der Waals surface area contributed by atoms with E-state index in [4.69, 9.17) is 0 Å². The topological polar surface area (TPSA) is 40.5 Å². The van der Waals surface area contributed by atoms with Gasteiger partial charge in [0, 0.05) is 12.5 Å². The highest BCUT2D eigenvalue weighted by atomic mass is 16.3. The Bertz CT molecular complexity index is 215. The monoisotopic (exact) mass is 183 g/mol. The molecule has 0 unspecified atom stereocenters. The number of carbonyl (C=O) groups is 1. The van der Waals surface area contributed by atoms with Gasteiger partial charge in [-0.1, -0.05) is 0 Å². The fourth-order valence-corrected chi connectivity index (χ4v) is 2.59. The van der Waals surface area contributed by atoms with Gasteiger partial charge in [0.25, 0.3) is 0 Å². The molecule has 0 aromatic carbocycles. The van der Waals surface area contributed by atoms with Crippen molar-refractivity contribution in [3.05, 3.63) is 0 Å². The second-order valence-electron chi connectivity index (χ2n) is 4.23. The summed E-state index contributed by atoms with van der Waals surface area (Å²) in [6, 6.07) is 0.450. The van der Waals surface area contributed by atoms with Crippen molar-refractivity contribution >= 4 is 5.91 Å². The summed E-state index contributed by atoms with van der Waals surface area (Å²) < 4.78 is 0. The van der Waals surface area contributed by atoms with E-state index in [1.807, 2.05) is 11.8 Å². The van der Waals surface area contributed by atoms with Crippen molar-refractivity contribution in [2.24, 2.45) is 0 Å². The molecular weight excluding hydrogens is 166 g/mol. The lowest BCUT2D eigenvalue weighted by Gasteiger charge is -2.45. The molecule has 1 amide bonds. The van der Waals surface area contributed by atoms with Crippen LogP contribution >= 0.6 is 0 Å². The summed E-state index contributed by atoms with van der Waals surface area (Å²) in [5.74, 6) is 0.238. The van der Waals surface area contributed by atoms with Gasteiger partial charge in [0.2, 0.25) is 5.91 Å². The van der Waals surface area contributed by atoms with Gasteiger partial charge >= 0.3 is 0 Å². The standard InChI is InChI=1S/C10H17NO2/c1-7-9(12)6-5-8-3-2-4-10(13)11(7)8/h7-9,12H,2-6H2,1H3/t7-,8-,9+/m0/s1. The van der Waals surface area contributed by atoms with Crippen molar-refractivity contribution < 1.29 is 9.90 Å². The molecular formula is C10H17NO2. The van der Waals surface area contributed by atoms with Crippen LogP contribution < -0.4 is 0 Å². The maximum atomic E-state index is 11.6. The van der Waals surface area contributed by atoms with E-state index in [9.17, 15) is 9.90 Å². The molecule has 3 nitrogen and oxygen atoms in total. The minimum atomic E-state index is -0.307. The Balaban J connectivity index is 2.15. The van der Waals surface area contributed by atoms with Crippen LogP contribution in [-0.2, 0) is 4.79 Å². The van der Waals surface area contributed by atoms with Gasteiger partial charge in [-0.3, -0.25) is 4.79 Å². The summed E-state index contributed by atoms with van der Waals surface area (Å²) in [7, 11) is 0. The first-order valence-electron chi connectivity index (χ1n) is 5.19. The van der Waals surface area contributed by atoms with Crippen LogP contribution in [-0.4, -0.2) is 34.1 Å². The van der Waals surface area contributed by atoms with Gasteiger partial charge in [-0.05, 0) is 32.6 Å². The predicted molar refractivity (Wildman–Crippen MR) is 49.2 cm³/mol. The molecule has 2 aliphatic rings. The number of nitrogens with zero attached hydrogens (tertiary/aromatic N) is 1. The second kappa shape index (κ2) is 3.29. The molecule has 74 valence electrons. The van der Waals surface area contributed by atoms with Gasteiger partial charge in [0.15, 0.2) is 0 Å². The molecule has 2 aliphatic heterocycles. The van der Waals surface area contributed by atoms with Crippen molar-refractivity contribution in [1.29, 1.82) is 0 Å². The number of fused-ring (bicyclic) bond motifs is 1. The third-order valence-corrected chi connectivity index (χ3v) is 3.40. The number of hydrogen-bond donors (Lipinski definition) is 1. The van der Waals surface area contributed by atoms with Crippen molar-refractivity contribution in [3.8, 4) is 0 Å². The van der Waals surface area contributed by atoms with E-state index in [2.05, 4.69) is 0 Å². The molecule has 2 saturated heterocycles. The number of carbonyl (C=O) groups excluding carboxylic acids is 1. The molecule has 0 radical (unpaired) electrons. The largest absolute Gasteiger partial charge is 0.391 e. The molecule has 0 spiro atoms. The first-order chi connectivity index (χ1) is 6.20. The fourth-order valence-electron chi connectivity index (χ4n) is 2.59. The van der Waals surface area contributed by atoms with Crippen LogP contribution in [0, 0.1) is 0 Å². The van der Waals surface area contributed by atoms with Crippen molar-refractivity contribution in [2.45, 2.75) is 57.2 Å². The molecule has 3 heteroatoms. The fraction of sp³-hybridized carbons (Fsp3) is 0.900. The molecule has 2 rings (SSSR count). The lowest BCUT2D eigenvalue weighted by Crippen LogP contribution is -2.56. The van der Waals surface area contributed by atoms with E-state index < -0.39 is 0 Å². The van der Waals surface area contributed by atoms with Gasteiger partial charge < -0.3 is 10.0 Å². The Morgan fingerprint density at radius 1 is 1.38 bits per heavy atom. The van der Waals surface area contributed by atoms with Crippen LogP contribution in [0.5, 0.6) is 0 Å². The van der Waals surface area contributed by atoms with E-state index in [0.29, 0.717) is 12.5 Å². The Kier molecular flexibility index (Phi) is 2.28. The molecule has 0 bridgehead atoms. The average molecular weight is 183 g/mol. The zero-order valence-electron chi connectivity index (χ0n) is 8.07. The normalized spacial score (nSPS) is 40.3. The van der Waals surface area contributed by atoms with Gasteiger partial charge in [-0.15, -0.1) is 0 Å². The average Bonchev–Trinajstić information content (AvgIpc) is 2.12. The van der Waals surface area contributed by atoms with Gasteiger partial charge in [0.1, 0.15) is 0 Å². The van der Waals surface area contributed by atoms with Crippen LogP contribution in [0.15, 0.2) is 0 Å². The Hall–Kier alpha value is -0.570. The van der Waals surface area contributed by atoms with Crippen LogP contribution in [0.2, 0.25) is 0 Å². The molecule has 3 atom stereocenters. The Morgan fingerprint density at radius 3 is 2.92 bits per heavy atom. The number of hydrogen-bond acceptors (Lipinski definition) is 2. The number of amides is 1. The van der Waals surface area contributed by atoms with Crippen LogP contribution in [0.1, 0.15) is 39.0 Å². The van der Waals surface area contributed by atoms with Crippen LogP contribution in [0.3, 0.4) is 0 Å². The maximum absolute atomic E-state index is 11.6. The zero-order chi connectivity index (χ0) is 9.42. The summed E-state index contributed by atoms with van der Waals surface area (Å²) in [5.41, 5.74) is 0. The van der Waals surface area contributed by atoms with E-state index in [-0.39, 0.29) is 18.1 Å². The molecule has 0 aromatic rings. The first kappa shape index (κ1) is 9.00. The van der Waals surface area contributed by atoms with E-state index in [1.165, 1.54) is 0 Å². The molecule has 2 fully saturated rings. The summed E-state index contributed by atoms with van der Waals surface area (Å²) in [5, 5.41) is 9.64. The van der Waals surface area contributed by atoms with Crippen LogP contribution in [0.25, 0.3) is 0 Å². The SMILES string of the molecule is C[C@H]1[C@H](O)CC[C@@H]2CCCC(=O)N21. The highest BCUT2D eigenvalue weighted by Crippen LogP contribution is 2.30. The van der Waals surface area contributed by atoms with E-state index in [1.54, 1.807) is 0 Å². The van der Waals surface area contributed by atoms with Gasteiger partial charge in [-0.25, -0.2) is 0 Å². The third kappa shape index (κ3) is 1.46. The number of piperidine rings is 2. The van der Waals surface area contributed by atoms with Gasteiger partial charge in [0.05, 0.1) is 12.1 Å². The van der Waals surface area contributed by atoms with Crippen molar-refractivity contribution in [1.82, 2.24) is 4.90 Å². The highest BCUT2D eigenvalue weighted by molar-refractivity contribution is 5.77. The van der Waals surface area contributed by atoms with Gasteiger partial charge in [-0.2, -0.15) is 0 Å². The summed E-state index contributed by atoms with van der Waals surface area (Å²) in [6.45, 7) is 1.96. The minimum absolute atomic E-state index is 0.0338. The summed E-state index contributed by atoms with van der Waals surface area (Å²) in [4.78, 5) is 13.5. The van der Waals surface area contributed by atoms with Crippen LogP contribution in [0.4, 0.5) is 0 Å². The predicted octanol–water partition coefficient (Wildman–Crippen LogP) is 0.911. The Labute approximate surface area is 78.7 Å².